The van der Waals surface area contributed by atoms with Crippen LogP contribution >= 0.6 is 31.9 Å². The maximum absolute atomic E-state index is 14.1. The van der Waals surface area contributed by atoms with Gasteiger partial charge in [-0.05, 0) is 23.6 Å². The zero-order valence-electron chi connectivity index (χ0n) is 10.5. The van der Waals surface area contributed by atoms with Gasteiger partial charge in [-0.1, -0.05) is 80.4 Å². The van der Waals surface area contributed by atoms with Crippen LogP contribution in [0.1, 0.15) is 11.1 Å². The first-order valence-electron chi connectivity index (χ1n) is 6.13. The molecule has 100 valence electrons. The topological polar surface area (TPSA) is 0 Å². The van der Waals surface area contributed by atoms with Crippen LogP contribution in [0, 0.1) is 5.82 Å². The minimum absolute atomic E-state index is 0.141. The molecule has 2 aromatic rings. The van der Waals surface area contributed by atoms with Crippen molar-refractivity contribution in [2.24, 2.45) is 0 Å². The fraction of sp³-hybridized carbons (Fsp3) is 0.250. The summed E-state index contributed by atoms with van der Waals surface area (Å²) in [5, 5.41) is 1.42. The van der Waals surface area contributed by atoms with Crippen molar-refractivity contribution in [1.29, 1.82) is 0 Å². The number of hydrogen-bond donors (Lipinski definition) is 0. The van der Waals surface area contributed by atoms with E-state index in [1.165, 1.54) is 11.6 Å². The Bertz CT molecular complexity index is 521. The molecule has 0 amide bonds. The van der Waals surface area contributed by atoms with Crippen molar-refractivity contribution in [3.8, 4) is 0 Å². The summed E-state index contributed by atoms with van der Waals surface area (Å²) in [5.74, 6) is -0.141. The molecule has 0 aliphatic rings. The molecule has 0 saturated carbocycles. The second-order valence-electron chi connectivity index (χ2n) is 4.69. The van der Waals surface area contributed by atoms with Crippen molar-refractivity contribution >= 4 is 31.9 Å². The highest BCUT2D eigenvalue weighted by atomic mass is 79.9. The lowest BCUT2D eigenvalue weighted by Crippen LogP contribution is -2.34. The zero-order chi connectivity index (χ0) is 13.7. The van der Waals surface area contributed by atoms with E-state index in [-0.39, 0.29) is 11.2 Å². The highest BCUT2D eigenvalue weighted by Gasteiger charge is 2.32. The molecule has 0 fully saturated rings. The number of benzene rings is 2. The number of halogens is 3. The van der Waals surface area contributed by atoms with Crippen LogP contribution in [0.25, 0.3) is 0 Å². The standard InChI is InChI=1S/C16H15Br2F/c17-11-16(12-18,10-13-6-2-1-3-7-13)14-8-4-5-9-15(14)19/h1-9H,10-12H2. The summed E-state index contributed by atoms with van der Waals surface area (Å²) in [4.78, 5) is 0. The fourth-order valence-corrected chi connectivity index (χ4v) is 4.18. The van der Waals surface area contributed by atoms with Gasteiger partial charge >= 0.3 is 0 Å². The third-order valence-corrected chi connectivity index (χ3v) is 5.49. The minimum Gasteiger partial charge on any atom is -0.207 e. The molecule has 19 heavy (non-hydrogen) atoms. The Morgan fingerprint density at radius 2 is 1.42 bits per heavy atom. The molecule has 0 unspecified atom stereocenters. The van der Waals surface area contributed by atoms with Crippen LogP contribution in [0.4, 0.5) is 4.39 Å². The Labute approximate surface area is 130 Å². The number of hydrogen-bond acceptors (Lipinski definition) is 0. The van der Waals surface area contributed by atoms with E-state index in [4.69, 9.17) is 0 Å². The smallest absolute Gasteiger partial charge is 0.127 e. The molecule has 2 rings (SSSR count). The third-order valence-electron chi connectivity index (χ3n) is 3.34. The van der Waals surface area contributed by atoms with Crippen LogP contribution in [0.5, 0.6) is 0 Å². The average Bonchev–Trinajstić information content (AvgIpc) is 2.47. The van der Waals surface area contributed by atoms with E-state index in [9.17, 15) is 4.39 Å². The molecule has 0 nitrogen and oxygen atoms in total. The predicted octanol–water partition coefficient (Wildman–Crippen LogP) is 5.10. The van der Waals surface area contributed by atoms with Crippen molar-refractivity contribution in [2.75, 3.05) is 10.7 Å². The van der Waals surface area contributed by atoms with Gasteiger partial charge in [0.25, 0.3) is 0 Å². The summed E-state index contributed by atoms with van der Waals surface area (Å²) >= 11 is 7.13. The molecule has 3 heteroatoms. The van der Waals surface area contributed by atoms with Crippen LogP contribution in [-0.2, 0) is 11.8 Å². The maximum atomic E-state index is 14.1. The monoisotopic (exact) mass is 384 g/mol. The second-order valence-corrected chi connectivity index (χ2v) is 5.81. The van der Waals surface area contributed by atoms with Gasteiger partial charge in [-0.25, -0.2) is 4.39 Å². The molecule has 0 N–H and O–H groups in total. The maximum Gasteiger partial charge on any atom is 0.127 e. The van der Waals surface area contributed by atoms with Crippen molar-refractivity contribution in [1.82, 2.24) is 0 Å². The van der Waals surface area contributed by atoms with Crippen LogP contribution in [0.3, 0.4) is 0 Å². The van der Waals surface area contributed by atoms with E-state index in [0.29, 0.717) is 10.7 Å². The fourth-order valence-electron chi connectivity index (χ4n) is 2.25. The Balaban J connectivity index is 2.41. The van der Waals surface area contributed by atoms with E-state index in [0.717, 1.165) is 12.0 Å². The number of alkyl halides is 2. The van der Waals surface area contributed by atoms with Crippen LogP contribution < -0.4 is 0 Å². The van der Waals surface area contributed by atoms with E-state index in [2.05, 4.69) is 44.0 Å². The lowest BCUT2D eigenvalue weighted by Gasteiger charge is -2.31. The first kappa shape index (κ1) is 14.7. The van der Waals surface area contributed by atoms with Crippen molar-refractivity contribution in [3.05, 3.63) is 71.5 Å². The molecular weight excluding hydrogens is 371 g/mol. The summed E-state index contributed by atoms with van der Waals surface area (Å²) in [7, 11) is 0. The first-order valence-corrected chi connectivity index (χ1v) is 8.37. The molecule has 0 heterocycles. The molecule has 0 aliphatic heterocycles. The van der Waals surface area contributed by atoms with Crippen LogP contribution in [-0.4, -0.2) is 10.7 Å². The van der Waals surface area contributed by atoms with Gasteiger partial charge in [0.05, 0.1) is 0 Å². The Kier molecular flexibility index (Phi) is 5.17. The molecule has 0 spiro atoms. The summed E-state index contributed by atoms with van der Waals surface area (Å²) < 4.78 is 14.1. The largest absolute Gasteiger partial charge is 0.207 e. The molecule has 0 bridgehead atoms. The van der Waals surface area contributed by atoms with Crippen LogP contribution in [0.2, 0.25) is 0 Å². The van der Waals surface area contributed by atoms with Gasteiger partial charge in [0.1, 0.15) is 5.82 Å². The molecular formula is C16H15Br2F. The molecule has 0 radical (unpaired) electrons. The summed E-state index contributed by atoms with van der Waals surface area (Å²) in [5.41, 5.74) is 1.70. The minimum atomic E-state index is -0.271. The van der Waals surface area contributed by atoms with Crippen molar-refractivity contribution < 1.29 is 4.39 Å². The lowest BCUT2D eigenvalue weighted by atomic mass is 9.79. The number of rotatable bonds is 5. The van der Waals surface area contributed by atoms with E-state index in [1.807, 2.05) is 30.3 Å². The highest BCUT2D eigenvalue weighted by molar-refractivity contribution is 9.09. The first-order chi connectivity index (χ1) is 9.22. The summed E-state index contributed by atoms with van der Waals surface area (Å²) in [6, 6.07) is 17.2. The SMILES string of the molecule is Fc1ccccc1C(CBr)(CBr)Cc1ccccc1. The quantitative estimate of drug-likeness (QED) is 0.628. The molecule has 0 aliphatic carbocycles. The van der Waals surface area contributed by atoms with Gasteiger partial charge in [0.15, 0.2) is 0 Å². The van der Waals surface area contributed by atoms with Gasteiger partial charge in [-0.2, -0.15) is 0 Å². The van der Waals surface area contributed by atoms with Gasteiger partial charge in [0.2, 0.25) is 0 Å². The Morgan fingerprint density at radius 3 is 2.00 bits per heavy atom. The molecule has 0 atom stereocenters. The summed E-state index contributed by atoms with van der Waals surface area (Å²) in [6.07, 6.45) is 0.797. The molecule has 0 aromatic heterocycles. The molecule has 2 aromatic carbocycles. The third kappa shape index (κ3) is 3.26. The normalized spacial score (nSPS) is 11.5. The summed E-state index contributed by atoms with van der Waals surface area (Å²) in [6.45, 7) is 0. The Hall–Kier alpha value is -0.670. The van der Waals surface area contributed by atoms with Crippen molar-refractivity contribution in [3.63, 3.8) is 0 Å². The van der Waals surface area contributed by atoms with E-state index >= 15 is 0 Å². The second kappa shape index (κ2) is 6.67. The zero-order valence-corrected chi connectivity index (χ0v) is 13.6. The van der Waals surface area contributed by atoms with E-state index in [1.54, 1.807) is 6.07 Å². The predicted molar refractivity (Wildman–Crippen MR) is 85.8 cm³/mol. The highest BCUT2D eigenvalue weighted by Crippen LogP contribution is 2.34. The van der Waals surface area contributed by atoms with Gasteiger partial charge < -0.3 is 0 Å². The molecule has 0 saturated heterocycles. The van der Waals surface area contributed by atoms with Crippen molar-refractivity contribution in [2.45, 2.75) is 11.8 Å². The van der Waals surface area contributed by atoms with Gasteiger partial charge in [0, 0.05) is 16.1 Å². The lowest BCUT2D eigenvalue weighted by molar-refractivity contribution is 0.501. The Morgan fingerprint density at radius 1 is 0.842 bits per heavy atom. The van der Waals surface area contributed by atoms with Gasteiger partial charge in [-0.3, -0.25) is 0 Å². The van der Waals surface area contributed by atoms with E-state index < -0.39 is 0 Å². The average molecular weight is 386 g/mol. The van der Waals surface area contributed by atoms with Gasteiger partial charge in [-0.15, -0.1) is 0 Å². The van der Waals surface area contributed by atoms with Crippen LogP contribution in [0.15, 0.2) is 54.6 Å².